The Balaban J connectivity index is 1.96. The molecule has 2 aromatic rings. The molecule has 1 aliphatic heterocycles. The van der Waals surface area contributed by atoms with Crippen molar-refractivity contribution in [3.8, 4) is 11.4 Å². The number of anilines is 1. The lowest BCUT2D eigenvalue weighted by Gasteiger charge is -2.04. The molecule has 0 atom stereocenters. The van der Waals surface area contributed by atoms with E-state index in [1.165, 1.54) is 11.8 Å². The summed E-state index contributed by atoms with van der Waals surface area (Å²) in [5.74, 6) is 0.850. The number of aryl methyl sites for hydroxylation is 1. The summed E-state index contributed by atoms with van der Waals surface area (Å²) >= 11 is 6.23. The fourth-order valence-electron chi connectivity index (χ4n) is 1.93. The molecule has 0 spiro atoms. The van der Waals surface area contributed by atoms with Gasteiger partial charge in [0.2, 0.25) is 0 Å². The lowest BCUT2D eigenvalue weighted by atomic mass is 10.1. The number of aromatic nitrogens is 2. The molecule has 3 rings (SSSR count). The highest BCUT2D eigenvalue weighted by Gasteiger charge is 2.21. The van der Waals surface area contributed by atoms with Gasteiger partial charge in [-0.25, -0.2) is 9.97 Å². The van der Waals surface area contributed by atoms with Crippen molar-refractivity contribution in [3.63, 3.8) is 0 Å². The van der Waals surface area contributed by atoms with Crippen LogP contribution in [-0.4, -0.2) is 20.2 Å². The van der Waals surface area contributed by atoms with E-state index in [1.54, 1.807) is 12.3 Å². The van der Waals surface area contributed by atoms with Crippen LogP contribution in [0.3, 0.4) is 0 Å². The molecular weight excluding hydrogens is 316 g/mol. The second kappa shape index (κ2) is 5.86. The molecule has 0 saturated carbocycles. The van der Waals surface area contributed by atoms with Crippen molar-refractivity contribution >= 4 is 46.1 Å². The molecule has 1 aromatic carbocycles. The quantitative estimate of drug-likeness (QED) is 0.651. The van der Waals surface area contributed by atoms with Crippen LogP contribution in [-0.2, 0) is 4.79 Å². The van der Waals surface area contributed by atoms with E-state index in [0.29, 0.717) is 20.9 Å². The molecule has 1 saturated heterocycles. The van der Waals surface area contributed by atoms with Gasteiger partial charge in [0.05, 0.1) is 4.91 Å². The van der Waals surface area contributed by atoms with Gasteiger partial charge in [-0.05, 0) is 24.6 Å². The minimum atomic E-state index is -0.170. The molecule has 110 valence electrons. The molecule has 3 N–H and O–H groups in total. The van der Waals surface area contributed by atoms with Gasteiger partial charge in [-0.2, -0.15) is 0 Å². The average Bonchev–Trinajstić information content (AvgIpc) is 2.80. The summed E-state index contributed by atoms with van der Waals surface area (Å²) in [4.78, 5) is 20.8. The van der Waals surface area contributed by atoms with Crippen LogP contribution in [0.1, 0.15) is 11.1 Å². The van der Waals surface area contributed by atoms with E-state index in [1.807, 2.05) is 31.2 Å². The molecule has 0 bridgehead atoms. The third-order valence-electron chi connectivity index (χ3n) is 3.10. The Labute approximate surface area is 137 Å². The Bertz CT molecular complexity index is 817. The van der Waals surface area contributed by atoms with Gasteiger partial charge in [0, 0.05) is 17.3 Å². The van der Waals surface area contributed by atoms with Gasteiger partial charge in [-0.3, -0.25) is 4.79 Å². The SMILES string of the molecule is Cc1cnc(-c2cccc(C=C3SC(=S)NC3=O)c2)nc1N. The molecular formula is C15H12N4OS2. The Morgan fingerprint density at radius 3 is 2.91 bits per heavy atom. The smallest absolute Gasteiger partial charge is 0.263 e. The summed E-state index contributed by atoms with van der Waals surface area (Å²) in [6.45, 7) is 1.86. The molecule has 1 aliphatic rings. The second-order valence-corrected chi connectivity index (χ2v) is 6.46. The number of nitrogens with two attached hydrogens (primary N) is 1. The van der Waals surface area contributed by atoms with Gasteiger partial charge < -0.3 is 11.1 Å². The summed E-state index contributed by atoms with van der Waals surface area (Å²) in [6.07, 6.45) is 3.49. The summed E-state index contributed by atoms with van der Waals surface area (Å²) in [7, 11) is 0. The third kappa shape index (κ3) is 3.00. The summed E-state index contributed by atoms with van der Waals surface area (Å²) in [6, 6.07) is 7.60. The van der Waals surface area contributed by atoms with Crippen LogP contribution >= 0.6 is 24.0 Å². The lowest BCUT2D eigenvalue weighted by molar-refractivity contribution is -0.115. The number of nitrogens with zero attached hydrogens (tertiary/aromatic N) is 2. The molecule has 7 heteroatoms. The first kappa shape index (κ1) is 14.7. The van der Waals surface area contributed by atoms with Gasteiger partial charge in [-0.15, -0.1) is 0 Å². The van der Waals surface area contributed by atoms with Crippen LogP contribution in [0.15, 0.2) is 35.4 Å². The zero-order valence-corrected chi connectivity index (χ0v) is 13.3. The molecule has 1 fully saturated rings. The van der Waals surface area contributed by atoms with Crippen molar-refractivity contribution in [2.45, 2.75) is 6.92 Å². The fourth-order valence-corrected chi connectivity index (χ4v) is 2.98. The normalized spacial score (nSPS) is 16.1. The number of benzene rings is 1. The number of hydrogen-bond donors (Lipinski definition) is 2. The van der Waals surface area contributed by atoms with Gasteiger partial charge in [0.15, 0.2) is 5.82 Å². The van der Waals surface area contributed by atoms with Crippen LogP contribution in [0.5, 0.6) is 0 Å². The minimum Gasteiger partial charge on any atom is -0.383 e. The highest BCUT2D eigenvalue weighted by Crippen LogP contribution is 2.27. The van der Waals surface area contributed by atoms with E-state index in [2.05, 4.69) is 15.3 Å². The van der Waals surface area contributed by atoms with E-state index < -0.39 is 0 Å². The number of carbonyl (C=O) groups is 1. The zero-order valence-electron chi connectivity index (χ0n) is 11.7. The number of nitrogens with one attached hydrogen (secondary N) is 1. The van der Waals surface area contributed by atoms with E-state index in [9.17, 15) is 4.79 Å². The first-order chi connectivity index (χ1) is 10.5. The summed E-state index contributed by atoms with van der Waals surface area (Å²) < 4.78 is 0.474. The predicted octanol–water partition coefficient (Wildman–Crippen LogP) is 2.52. The third-order valence-corrected chi connectivity index (χ3v) is 4.26. The molecule has 22 heavy (non-hydrogen) atoms. The highest BCUT2D eigenvalue weighted by atomic mass is 32.2. The van der Waals surface area contributed by atoms with Crippen molar-refractivity contribution in [2.24, 2.45) is 0 Å². The van der Waals surface area contributed by atoms with Gasteiger partial charge in [0.1, 0.15) is 10.1 Å². The van der Waals surface area contributed by atoms with Crippen LogP contribution < -0.4 is 11.1 Å². The lowest BCUT2D eigenvalue weighted by Crippen LogP contribution is -2.17. The number of amides is 1. The Hall–Kier alpha value is -2.25. The number of thioether (sulfide) groups is 1. The van der Waals surface area contributed by atoms with Crippen LogP contribution in [0, 0.1) is 6.92 Å². The topological polar surface area (TPSA) is 80.9 Å². The Morgan fingerprint density at radius 2 is 2.23 bits per heavy atom. The Morgan fingerprint density at radius 1 is 1.41 bits per heavy atom. The van der Waals surface area contributed by atoms with Crippen molar-refractivity contribution in [1.82, 2.24) is 15.3 Å². The minimum absolute atomic E-state index is 0.170. The predicted molar refractivity (Wildman–Crippen MR) is 92.9 cm³/mol. The van der Waals surface area contributed by atoms with Gasteiger partial charge >= 0.3 is 0 Å². The van der Waals surface area contributed by atoms with Crippen molar-refractivity contribution < 1.29 is 4.79 Å². The number of hydrogen-bond acceptors (Lipinski definition) is 6. The molecule has 0 aliphatic carbocycles. The zero-order chi connectivity index (χ0) is 15.7. The first-order valence-electron chi connectivity index (χ1n) is 6.47. The van der Waals surface area contributed by atoms with E-state index in [-0.39, 0.29) is 5.91 Å². The molecule has 5 nitrogen and oxygen atoms in total. The Kier molecular flexibility index (Phi) is 3.91. The first-order valence-corrected chi connectivity index (χ1v) is 7.70. The second-order valence-electron chi connectivity index (χ2n) is 4.74. The van der Waals surface area contributed by atoms with Gasteiger partial charge in [-0.1, -0.05) is 42.2 Å². The number of carbonyl (C=O) groups excluding carboxylic acids is 1. The maximum atomic E-state index is 11.7. The maximum Gasteiger partial charge on any atom is 0.263 e. The standard InChI is InChI=1S/C15H12N4OS2/c1-8-7-17-13(18-12(8)16)10-4-2-3-9(5-10)6-11-14(20)19-15(21)22-11/h2-7H,1H3,(H2,16,17,18)(H,19,20,21). The van der Waals surface area contributed by atoms with E-state index >= 15 is 0 Å². The van der Waals surface area contributed by atoms with Crippen LogP contribution in [0.25, 0.3) is 17.5 Å². The largest absolute Gasteiger partial charge is 0.383 e. The van der Waals surface area contributed by atoms with Gasteiger partial charge in [0.25, 0.3) is 5.91 Å². The monoisotopic (exact) mass is 328 g/mol. The maximum absolute atomic E-state index is 11.7. The fraction of sp³-hybridized carbons (Fsp3) is 0.0667. The molecule has 1 aromatic heterocycles. The average molecular weight is 328 g/mol. The number of nitrogen functional groups attached to an aromatic ring is 1. The number of thiocarbonyl (C=S) groups is 1. The molecule has 2 heterocycles. The van der Waals surface area contributed by atoms with Crippen molar-refractivity contribution in [1.29, 1.82) is 0 Å². The van der Waals surface area contributed by atoms with E-state index in [4.69, 9.17) is 18.0 Å². The van der Waals surface area contributed by atoms with E-state index in [0.717, 1.165) is 16.7 Å². The summed E-state index contributed by atoms with van der Waals surface area (Å²) in [5.41, 5.74) is 8.39. The van der Waals surface area contributed by atoms with Crippen molar-refractivity contribution in [2.75, 3.05) is 5.73 Å². The van der Waals surface area contributed by atoms with Crippen molar-refractivity contribution in [3.05, 3.63) is 46.5 Å². The molecule has 0 radical (unpaired) electrons. The molecule has 1 amide bonds. The van der Waals surface area contributed by atoms with Crippen LogP contribution in [0.2, 0.25) is 0 Å². The number of rotatable bonds is 2. The highest BCUT2D eigenvalue weighted by molar-refractivity contribution is 8.26. The van der Waals surface area contributed by atoms with Crippen LogP contribution in [0.4, 0.5) is 5.82 Å². The summed E-state index contributed by atoms with van der Waals surface area (Å²) in [5, 5.41) is 2.59. The molecule has 0 unspecified atom stereocenters.